The Kier molecular flexibility index (Phi) is 8.08. The first-order valence-electron chi connectivity index (χ1n) is 8.36. The first kappa shape index (κ1) is 23.9. The minimum absolute atomic E-state index is 0.0600. The van der Waals surface area contributed by atoms with Crippen molar-refractivity contribution in [1.29, 1.82) is 0 Å². The van der Waals surface area contributed by atoms with Gasteiger partial charge in [-0.2, -0.15) is 0 Å². The fourth-order valence-electron chi connectivity index (χ4n) is 2.43. The van der Waals surface area contributed by atoms with Crippen LogP contribution in [0, 0.1) is 17.0 Å². The van der Waals surface area contributed by atoms with Gasteiger partial charge in [0, 0.05) is 17.7 Å². The van der Waals surface area contributed by atoms with E-state index in [2.05, 4.69) is 16.0 Å². The van der Waals surface area contributed by atoms with Crippen LogP contribution in [0.15, 0.2) is 42.5 Å². The van der Waals surface area contributed by atoms with E-state index in [0.717, 1.165) is 5.56 Å². The van der Waals surface area contributed by atoms with Gasteiger partial charge in [0.25, 0.3) is 11.6 Å². The van der Waals surface area contributed by atoms with E-state index in [4.69, 9.17) is 51.8 Å². The molecule has 160 valence electrons. The molecule has 8 nitrogen and oxygen atoms in total. The van der Waals surface area contributed by atoms with Crippen LogP contribution in [-0.4, -0.2) is 33.0 Å². The van der Waals surface area contributed by atoms with Gasteiger partial charge in [0.05, 0.1) is 17.7 Å². The Morgan fingerprint density at radius 3 is 2.43 bits per heavy atom. The molecule has 30 heavy (non-hydrogen) atoms. The number of amides is 1. The molecule has 0 aliphatic rings. The Labute approximate surface area is 193 Å². The summed E-state index contributed by atoms with van der Waals surface area (Å²) >= 11 is 23.2. The summed E-state index contributed by atoms with van der Waals surface area (Å²) in [7, 11) is 1.40. The standard InChI is InChI=1S/C18H17Cl3N4O4S/c1-10-5-3-4-6-12(10)15(26)23-16(18(19,20)21)24-17(30)22-13-9-11(25(27)28)7-8-14(13)29-2/h3-9,16H,1-2H3,(H,23,26)(H2,22,24,30). The molecule has 0 saturated carbocycles. The summed E-state index contributed by atoms with van der Waals surface area (Å²) in [6.07, 6.45) is -1.21. The lowest BCUT2D eigenvalue weighted by molar-refractivity contribution is -0.384. The molecular weight excluding hydrogens is 475 g/mol. The van der Waals surface area contributed by atoms with Gasteiger partial charge < -0.3 is 20.7 Å². The minimum atomic E-state index is -1.96. The average Bonchev–Trinajstić information content (AvgIpc) is 2.66. The molecule has 1 amide bonds. The number of halogens is 3. The van der Waals surface area contributed by atoms with E-state index in [0.29, 0.717) is 11.3 Å². The lowest BCUT2D eigenvalue weighted by Gasteiger charge is -2.28. The van der Waals surface area contributed by atoms with Crippen molar-refractivity contribution in [3.05, 3.63) is 63.7 Å². The van der Waals surface area contributed by atoms with E-state index in [1.807, 2.05) is 0 Å². The number of methoxy groups -OCH3 is 1. The molecule has 0 bridgehead atoms. The smallest absolute Gasteiger partial charge is 0.271 e. The quantitative estimate of drug-likeness (QED) is 0.182. The molecule has 12 heteroatoms. The second-order valence-electron chi connectivity index (χ2n) is 6.00. The number of hydrogen-bond donors (Lipinski definition) is 3. The zero-order valence-electron chi connectivity index (χ0n) is 15.7. The van der Waals surface area contributed by atoms with E-state index in [1.54, 1.807) is 31.2 Å². The molecule has 2 aromatic rings. The normalized spacial score (nSPS) is 11.9. The Hall–Kier alpha value is -2.33. The van der Waals surface area contributed by atoms with Crippen molar-refractivity contribution in [1.82, 2.24) is 10.6 Å². The summed E-state index contributed by atoms with van der Waals surface area (Å²) in [6.45, 7) is 1.77. The highest BCUT2D eigenvalue weighted by Crippen LogP contribution is 2.31. The molecule has 0 heterocycles. The number of non-ortho nitro benzene ring substituents is 1. The summed E-state index contributed by atoms with van der Waals surface area (Å²) < 4.78 is 3.21. The monoisotopic (exact) mass is 490 g/mol. The number of hydrogen-bond acceptors (Lipinski definition) is 5. The van der Waals surface area contributed by atoms with Gasteiger partial charge in [-0.05, 0) is 36.8 Å². The van der Waals surface area contributed by atoms with Crippen LogP contribution in [0.3, 0.4) is 0 Å². The summed E-state index contributed by atoms with van der Waals surface area (Å²) in [4.78, 5) is 23.1. The number of ether oxygens (including phenoxy) is 1. The van der Waals surface area contributed by atoms with Crippen molar-refractivity contribution in [3.63, 3.8) is 0 Å². The second kappa shape index (κ2) is 10.1. The number of anilines is 1. The van der Waals surface area contributed by atoms with Crippen LogP contribution in [-0.2, 0) is 0 Å². The Bertz CT molecular complexity index is 969. The summed E-state index contributed by atoms with van der Waals surface area (Å²) in [5, 5.41) is 19.0. The van der Waals surface area contributed by atoms with Gasteiger partial charge in [-0.25, -0.2) is 0 Å². The molecule has 0 aliphatic carbocycles. The Balaban J connectivity index is 2.19. The van der Waals surface area contributed by atoms with Crippen LogP contribution in [0.1, 0.15) is 15.9 Å². The van der Waals surface area contributed by atoms with Crippen molar-refractivity contribution in [3.8, 4) is 5.75 Å². The van der Waals surface area contributed by atoms with Crippen LogP contribution in [0.2, 0.25) is 0 Å². The highest BCUT2D eigenvalue weighted by atomic mass is 35.6. The fraction of sp³-hybridized carbons (Fsp3) is 0.222. The number of carbonyl (C=O) groups excluding carboxylic acids is 1. The minimum Gasteiger partial charge on any atom is -0.495 e. The number of nitrogens with one attached hydrogen (secondary N) is 3. The largest absolute Gasteiger partial charge is 0.495 e. The number of rotatable bonds is 6. The number of alkyl halides is 3. The summed E-state index contributed by atoms with van der Waals surface area (Å²) in [6, 6.07) is 10.8. The van der Waals surface area contributed by atoms with Gasteiger partial charge in [0.15, 0.2) is 5.11 Å². The third-order valence-electron chi connectivity index (χ3n) is 3.91. The van der Waals surface area contributed by atoms with Crippen molar-refractivity contribution >= 4 is 69.4 Å². The van der Waals surface area contributed by atoms with Crippen LogP contribution in [0.5, 0.6) is 5.75 Å². The first-order chi connectivity index (χ1) is 14.0. The Morgan fingerprint density at radius 2 is 1.87 bits per heavy atom. The number of nitrogens with zero attached hydrogens (tertiary/aromatic N) is 1. The second-order valence-corrected chi connectivity index (χ2v) is 8.78. The number of carbonyl (C=O) groups is 1. The zero-order chi connectivity index (χ0) is 22.5. The molecule has 1 unspecified atom stereocenters. The maximum atomic E-state index is 12.6. The van der Waals surface area contributed by atoms with Crippen molar-refractivity contribution in [2.45, 2.75) is 16.9 Å². The van der Waals surface area contributed by atoms with Crippen molar-refractivity contribution in [2.75, 3.05) is 12.4 Å². The lowest BCUT2D eigenvalue weighted by Crippen LogP contribution is -2.56. The zero-order valence-corrected chi connectivity index (χ0v) is 18.8. The lowest BCUT2D eigenvalue weighted by atomic mass is 10.1. The predicted molar refractivity (Wildman–Crippen MR) is 122 cm³/mol. The molecule has 0 radical (unpaired) electrons. The molecule has 0 spiro atoms. The Morgan fingerprint density at radius 1 is 1.20 bits per heavy atom. The molecule has 2 rings (SSSR count). The van der Waals surface area contributed by atoms with Crippen LogP contribution in [0.25, 0.3) is 0 Å². The third-order valence-corrected chi connectivity index (χ3v) is 4.78. The van der Waals surface area contributed by atoms with Gasteiger partial charge in [0.2, 0.25) is 3.79 Å². The van der Waals surface area contributed by atoms with Crippen LogP contribution in [0.4, 0.5) is 11.4 Å². The highest BCUT2D eigenvalue weighted by molar-refractivity contribution is 7.80. The van der Waals surface area contributed by atoms with Gasteiger partial charge in [-0.3, -0.25) is 14.9 Å². The molecule has 3 N–H and O–H groups in total. The highest BCUT2D eigenvalue weighted by Gasteiger charge is 2.35. The number of thiocarbonyl (C=S) groups is 1. The molecule has 0 aliphatic heterocycles. The maximum Gasteiger partial charge on any atom is 0.271 e. The van der Waals surface area contributed by atoms with E-state index < -0.39 is 20.8 Å². The van der Waals surface area contributed by atoms with E-state index in [1.165, 1.54) is 25.3 Å². The average molecular weight is 492 g/mol. The van der Waals surface area contributed by atoms with Gasteiger partial charge in [-0.1, -0.05) is 53.0 Å². The summed E-state index contributed by atoms with van der Waals surface area (Å²) in [5.41, 5.74) is 1.18. The predicted octanol–water partition coefficient (Wildman–Crippen LogP) is 4.32. The van der Waals surface area contributed by atoms with Gasteiger partial charge >= 0.3 is 0 Å². The van der Waals surface area contributed by atoms with E-state index >= 15 is 0 Å². The van der Waals surface area contributed by atoms with Crippen LogP contribution >= 0.6 is 47.0 Å². The molecule has 2 aromatic carbocycles. The van der Waals surface area contributed by atoms with Crippen molar-refractivity contribution in [2.24, 2.45) is 0 Å². The number of benzene rings is 2. The van der Waals surface area contributed by atoms with Gasteiger partial charge in [-0.15, -0.1) is 0 Å². The fourth-order valence-corrected chi connectivity index (χ4v) is 2.99. The summed E-state index contributed by atoms with van der Waals surface area (Å²) in [5.74, 6) is -0.174. The van der Waals surface area contributed by atoms with Crippen LogP contribution < -0.4 is 20.7 Å². The van der Waals surface area contributed by atoms with E-state index in [-0.39, 0.29) is 16.5 Å². The molecular formula is C18H17Cl3N4O4S. The number of aryl methyl sites for hydroxylation is 1. The molecule has 0 saturated heterocycles. The third kappa shape index (κ3) is 6.33. The number of nitro benzene ring substituents is 1. The molecule has 0 fully saturated rings. The van der Waals surface area contributed by atoms with E-state index in [9.17, 15) is 14.9 Å². The van der Waals surface area contributed by atoms with Gasteiger partial charge in [0.1, 0.15) is 11.9 Å². The first-order valence-corrected chi connectivity index (χ1v) is 9.90. The van der Waals surface area contributed by atoms with Crippen molar-refractivity contribution < 1.29 is 14.5 Å². The maximum absolute atomic E-state index is 12.6. The topological polar surface area (TPSA) is 106 Å². The molecule has 0 aromatic heterocycles. The molecule has 1 atom stereocenters. The SMILES string of the molecule is COc1ccc([N+](=O)[O-])cc1NC(=S)NC(NC(=O)c1ccccc1C)C(Cl)(Cl)Cl. The number of nitro groups is 1.